The first kappa shape index (κ1) is 13.8. The van der Waals surface area contributed by atoms with Crippen LogP contribution in [0.4, 0.5) is 5.82 Å². The van der Waals surface area contributed by atoms with E-state index in [9.17, 15) is 4.79 Å². The number of rotatable bonds is 4. The second kappa shape index (κ2) is 6.52. The molecule has 1 atom stereocenters. The Morgan fingerprint density at radius 3 is 3.11 bits per heavy atom. The predicted octanol–water partition coefficient (Wildman–Crippen LogP) is 1.76. The topological polar surface area (TPSA) is 54.5 Å². The zero-order chi connectivity index (χ0) is 13.7. The van der Waals surface area contributed by atoms with E-state index in [1.54, 1.807) is 30.3 Å². The van der Waals surface area contributed by atoms with Gasteiger partial charge in [0.25, 0.3) is 5.91 Å². The van der Waals surface area contributed by atoms with Crippen LogP contribution in [-0.2, 0) is 4.74 Å². The SMILES string of the molecule is CNc1cc(C(=O)N(C)CC2CCCCO2)ccn1. The molecule has 1 amide bonds. The molecule has 0 spiro atoms. The van der Waals surface area contributed by atoms with Gasteiger partial charge in [0.1, 0.15) is 5.82 Å². The number of nitrogens with zero attached hydrogens (tertiary/aromatic N) is 2. The number of amides is 1. The Morgan fingerprint density at radius 2 is 2.42 bits per heavy atom. The number of hydrogen-bond donors (Lipinski definition) is 1. The van der Waals surface area contributed by atoms with E-state index in [0.717, 1.165) is 19.4 Å². The summed E-state index contributed by atoms with van der Waals surface area (Å²) in [5.74, 6) is 0.709. The molecule has 0 bridgehead atoms. The number of anilines is 1. The maximum absolute atomic E-state index is 12.3. The molecule has 1 fully saturated rings. The molecule has 104 valence electrons. The Hall–Kier alpha value is -1.62. The lowest BCUT2D eigenvalue weighted by Gasteiger charge is -2.27. The van der Waals surface area contributed by atoms with Crippen molar-refractivity contribution in [3.8, 4) is 0 Å². The number of carbonyl (C=O) groups excluding carboxylic acids is 1. The Labute approximate surface area is 114 Å². The van der Waals surface area contributed by atoms with Crippen LogP contribution in [0.25, 0.3) is 0 Å². The van der Waals surface area contributed by atoms with Gasteiger partial charge in [-0.15, -0.1) is 0 Å². The third-order valence-electron chi connectivity index (χ3n) is 3.36. The molecule has 1 aliphatic heterocycles. The van der Waals surface area contributed by atoms with Crippen LogP contribution < -0.4 is 5.32 Å². The van der Waals surface area contributed by atoms with Gasteiger partial charge in [0, 0.05) is 39.0 Å². The summed E-state index contributed by atoms with van der Waals surface area (Å²) in [6.45, 7) is 1.46. The van der Waals surface area contributed by atoms with E-state index in [1.807, 2.05) is 7.05 Å². The molecule has 5 nitrogen and oxygen atoms in total. The van der Waals surface area contributed by atoms with Crippen molar-refractivity contribution in [2.45, 2.75) is 25.4 Å². The monoisotopic (exact) mass is 263 g/mol. The van der Waals surface area contributed by atoms with E-state index in [-0.39, 0.29) is 12.0 Å². The van der Waals surface area contributed by atoms with Crippen LogP contribution in [-0.4, -0.2) is 49.1 Å². The molecule has 5 heteroatoms. The molecule has 2 rings (SSSR count). The van der Waals surface area contributed by atoms with Gasteiger partial charge < -0.3 is 15.0 Å². The molecule has 1 unspecified atom stereocenters. The standard InChI is InChI=1S/C14H21N3O2/c1-15-13-9-11(6-7-16-13)14(18)17(2)10-12-5-3-4-8-19-12/h6-7,9,12H,3-5,8,10H2,1-2H3,(H,15,16). The number of ether oxygens (including phenoxy) is 1. The van der Waals surface area contributed by atoms with Crippen molar-refractivity contribution in [3.63, 3.8) is 0 Å². The van der Waals surface area contributed by atoms with Crippen LogP contribution >= 0.6 is 0 Å². The molecule has 1 N–H and O–H groups in total. The fraction of sp³-hybridized carbons (Fsp3) is 0.571. The highest BCUT2D eigenvalue weighted by Gasteiger charge is 2.19. The lowest BCUT2D eigenvalue weighted by atomic mass is 10.1. The van der Waals surface area contributed by atoms with E-state index in [4.69, 9.17) is 4.74 Å². The van der Waals surface area contributed by atoms with Crippen LogP contribution in [0.5, 0.6) is 0 Å². The summed E-state index contributed by atoms with van der Waals surface area (Å²) >= 11 is 0. The van der Waals surface area contributed by atoms with Gasteiger partial charge >= 0.3 is 0 Å². The van der Waals surface area contributed by atoms with Crippen molar-refractivity contribution in [2.24, 2.45) is 0 Å². The molecule has 0 aromatic carbocycles. The molecule has 1 aromatic heterocycles. The summed E-state index contributed by atoms with van der Waals surface area (Å²) in [7, 11) is 3.61. The van der Waals surface area contributed by atoms with Crippen molar-refractivity contribution >= 4 is 11.7 Å². The maximum atomic E-state index is 12.3. The minimum atomic E-state index is 0.00748. The van der Waals surface area contributed by atoms with Gasteiger partial charge in [-0.2, -0.15) is 0 Å². The van der Waals surface area contributed by atoms with Gasteiger partial charge in [-0.25, -0.2) is 4.98 Å². The molecule has 2 heterocycles. The summed E-state index contributed by atoms with van der Waals surface area (Å²) in [6.07, 6.45) is 5.17. The second-order valence-corrected chi connectivity index (χ2v) is 4.85. The maximum Gasteiger partial charge on any atom is 0.253 e. The Bertz CT molecular complexity index is 430. The minimum absolute atomic E-state index is 0.00748. The van der Waals surface area contributed by atoms with Gasteiger partial charge in [0.15, 0.2) is 0 Å². The quantitative estimate of drug-likeness (QED) is 0.899. The minimum Gasteiger partial charge on any atom is -0.376 e. The van der Waals surface area contributed by atoms with Crippen molar-refractivity contribution < 1.29 is 9.53 Å². The molecular formula is C14H21N3O2. The first-order chi connectivity index (χ1) is 9.20. The highest BCUT2D eigenvalue weighted by atomic mass is 16.5. The van der Waals surface area contributed by atoms with Gasteiger partial charge in [-0.3, -0.25) is 4.79 Å². The van der Waals surface area contributed by atoms with Crippen LogP contribution in [0, 0.1) is 0 Å². The average Bonchev–Trinajstić information content (AvgIpc) is 2.47. The smallest absolute Gasteiger partial charge is 0.253 e. The van der Waals surface area contributed by atoms with E-state index >= 15 is 0 Å². The number of nitrogens with one attached hydrogen (secondary N) is 1. The number of hydrogen-bond acceptors (Lipinski definition) is 4. The van der Waals surface area contributed by atoms with Crippen LogP contribution in [0.1, 0.15) is 29.6 Å². The average molecular weight is 263 g/mol. The van der Waals surface area contributed by atoms with E-state index in [0.29, 0.717) is 17.9 Å². The highest BCUT2D eigenvalue weighted by Crippen LogP contribution is 2.15. The third-order valence-corrected chi connectivity index (χ3v) is 3.36. The number of likely N-dealkylation sites (N-methyl/N-ethyl adjacent to an activating group) is 1. The molecule has 1 aromatic rings. The second-order valence-electron chi connectivity index (χ2n) is 4.85. The summed E-state index contributed by atoms with van der Waals surface area (Å²) in [5, 5.41) is 2.94. The number of carbonyl (C=O) groups is 1. The predicted molar refractivity (Wildman–Crippen MR) is 74.3 cm³/mol. The van der Waals surface area contributed by atoms with Gasteiger partial charge in [-0.1, -0.05) is 0 Å². The zero-order valence-corrected chi connectivity index (χ0v) is 11.6. The lowest BCUT2D eigenvalue weighted by molar-refractivity contribution is -0.000187. The fourth-order valence-electron chi connectivity index (χ4n) is 2.26. The molecule has 19 heavy (non-hydrogen) atoms. The molecule has 0 saturated carbocycles. The van der Waals surface area contributed by atoms with Crippen molar-refractivity contribution in [1.82, 2.24) is 9.88 Å². The Kier molecular flexibility index (Phi) is 4.74. The largest absolute Gasteiger partial charge is 0.376 e. The third kappa shape index (κ3) is 3.67. The van der Waals surface area contributed by atoms with Crippen molar-refractivity contribution in [3.05, 3.63) is 23.9 Å². The first-order valence-electron chi connectivity index (χ1n) is 6.71. The molecule has 1 saturated heterocycles. The molecule has 0 aliphatic carbocycles. The normalized spacial score (nSPS) is 18.9. The molecular weight excluding hydrogens is 242 g/mol. The summed E-state index contributed by atoms with van der Waals surface area (Å²) in [6, 6.07) is 3.50. The summed E-state index contributed by atoms with van der Waals surface area (Å²) in [5.41, 5.74) is 0.651. The van der Waals surface area contributed by atoms with Crippen LogP contribution in [0.2, 0.25) is 0 Å². The van der Waals surface area contributed by atoms with Crippen LogP contribution in [0.15, 0.2) is 18.3 Å². The van der Waals surface area contributed by atoms with Crippen molar-refractivity contribution in [2.75, 3.05) is 32.6 Å². The van der Waals surface area contributed by atoms with Gasteiger partial charge in [0.2, 0.25) is 0 Å². The fourth-order valence-corrected chi connectivity index (χ4v) is 2.26. The van der Waals surface area contributed by atoms with Crippen LogP contribution in [0.3, 0.4) is 0 Å². The van der Waals surface area contributed by atoms with E-state index in [1.165, 1.54) is 6.42 Å². The first-order valence-corrected chi connectivity index (χ1v) is 6.71. The van der Waals surface area contributed by atoms with Gasteiger partial charge in [0.05, 0.1) is 6.10 Å². The summed E-state index contributed by atoms with van der Waals surface area (Å²) < 4.78 is 5.66. The molecule has 0 radical (unpaired) electrons. The zero-order valence-electron chi connectivity index (χ0n) is 11.6. The molecule has 1 aliphatic rings. The number of pyridine rings is 1. The lowest BCUT2D eigenvalue weighted by Crippen LogP contribution is -2.37. The Morgan fingerprint density at radius 1 is 1.58 bits per heavy atom. The van der Waals surface area contributed by atoms with E-state index < -0.39 is 0 Å². The summed E-state index contributed by atoms with van der Waals surface area (Å²) in [4.78, 5) is 18.1. The van der Waals surface area contributed by atoms with Crippen molar-refractivity contribution in [1.29, 1.82) is 0 Å². The van der Waals surface area contributed by atoms with E-state index in [2.05, 4.69) is 10.3 Å². The Balaban J connectivity index is 1.97. The highest BCUT2D eigenvalue weighted by molar-refractivity contribution is 5.94. The number of aromatic nitrogens is 1. The van der Waals surface area contributed by atoms with Gasteiger partial charge in [-0.05, 0) is 31.4 Å².